The monoisotopic (exact) mass is 359 g/mol. The van der Waals surface area contributed by atoms with Crippen molar-refractivity contribution in [1.29, 1.82) is 0 Å². The standard InChI is InChI=1S/C18H17NO3S2/c1-14-4-10-18(11-5-14)24(20,21)19-15-6-8-16(9-7-15)22-13-17-3-2-12-23-17/h2-12,19H,13H2,1H3. The zero-order valence-electron chi connectivity index (χ0n) is 13.1. The fourth-order valence-electron chi connectivity index (χ4n) is 2.10. The SMILES string of the molecule is Cc1ccc(S(=O)(=O)Nc2ccc(OCc3cccs3)cc2)cc1. The summed E-state index contributed by atoms with van der Waals surface area (Å²) in [6, 6.07) is 17.6. The molecule has 0 saturated carbocycles. The van der Waals surface area contributed by atoms with Crippen molar-refractivity contribution >= 4 is 27.0 Å². The first kappa shape index (κ1) is 16.5. The van der Waals surface area contributed by atoms with Gasteiger partial charge in [-0.05, 0) is 54.8 Å². The van der Waals surface area contributed by atoms with Crippen molar-refractivity contribution in [3.8, 4) is 5.75 Å². The molecular formula is C18H17NO3S2. The van der Waals surface area contributed by atoms with Gasteiger partial charge in [-0.3, -0.25) is 4.72 Å². The molecule has 0 aliphatic carbocycles. The number of rotatable bonds is 6. The Hall–Kier alpha value is -2.31. The van der Waals surface area contributed by atoms with Crippen LogP contribution in [0.4, 0.5) is 5.69 Å². The van der Waals surface area contributed by atoms with Crippen molar-refractivity contribution in [2.24, 2.45) is 0 Å². The third-order valence-corrected chi connectivity index (χ3v) is 5.65. The molecule has 3 rings (SSSR count). The number of ether oxygens (including phenoxy) is 1. The number of hydrogen-bond acceptors (Lipinski definition) is 4. The Balaban J connectivity index is 1.66. The number of thiophene rings is 1. The lowest BCUT2D eigenvalue weighted by Gasteiger charge is -2.10. The molecule has 0 unspecified atom stereocenters. The van der Waals surface area contributed by atoms with Crippen molar-refractivity contribution in [1.82, 2.24) is 0 Å². The largest absolute Gasteiger partial charge is 0.488 e. The fourth-order valence-corrected chi connectivity index (χ4v) is 3.77. The summed E-state index contributed by atoms with van der Waals surface area (Å²) in [5.74, 6) is 0.696. The summed E-state index contributed by atoms with van der Waals surface area (Å²) >= 11 is 1.64. The van der Waals surface area contributed by atoms with Crippen LogP contribution in [0.15, 0.2) is 70.9 Å². The number of aryl methyl sites for hydroxylation is 1. The quantitative estimate of drug-likeness (QED) is 0.708. The van der Waals surface area contributed by atoms with E-state index in [9.17, 15) is 8.42 Å². The molecule has 0 aliphatic rings. The predicted octanol–water partition coefficient (Wildman–Crippen LogP) is 4.44. The van der Waals surface area contributed by atoms with Gasteiger partial charge in [0.1, 0.15) is 12.4 Å². The highest BCUT2D eigenvalue weighted by Crippen LogP contribution is 2.21. The summed E-state index contributed by atoms with van der Waals surface area (Å²) in [7, 11) is -3.58. The number of hydrogen-bond donors (Lipinski definition) is 1. The summed E-state index contributed by atoms with van der Waals surface area (Å²) in [4.78, 5) is 1.38. The van der Waals surface area contributed by atoms with Crippen LogP contribution >= 0.6 is 11.3 Å². The minimum atomic E-state index is -3.58. The molecule has 4 nitrogen and oxygen atoms in total. The van der Waals surface area contributed by atoms with Crippen LogP contribution in [0, 0.1) is 6.92 Å². The van der Waals surface area contributed by atoms with Gasteiger partial charge in [0.2, 0.25) is 0 Å². The highest BCUT2D eigenvalue weighted by atomic mass is 32.2. The van der Waals surface area contributed by atoms with E-state index in [1.807, 2.05) is 24.4 Å². The molecule has 0 fully saturated rings. The minimum absolute atomic E-state index is 0.242. The smallest absolute Gasteiger partial charge is 0.261 e. The predicted molar refractivity (Wildman–Crippen MR) is 97.1 cm³/mol. The third kappa shape index (κ3) is 4.15. The highest BCUT2D eigenvalue weighted by molar-refractivity contribution is 7.92. The maximum absolute atomic E-state index is 12.3. The summed E-state index contributed by atoms with van der Waals surface area (Å²) < 4.78 is 32.9. The minimum Gasteiger partial charge on any atom is -0.488 e. The van der Waals surface area contributed by atoms with Crippen molar-refractivity contribution in [2.75, 3.05) is 4.72 Å². The van der Waals surface area contributed by atoms with Gasteiger partial charge in [-0.15, -0.1) is 11.3 Å². The number of anilines is 1. The molecule has 2 aromatic carbocycles. The van der Waals surface area contributed by atoms with E-state index < -0.39 is 10.0 Å². The Morgan fingerprint density at radius 1 is 1.00 bits per heavy atom. The van der Waals surface area contributed by atoms with Crippen LogP contribution in [-0.4, -0.2) is 8.42 Å². The number of sulfonamides is 1. The van der Waals surface area contributed by atoms with Crippen molar-refractivity contribution < 1.29 is 13.2 Å². The van der Waals surface area contributed by atoms with E-state index in [1.54, 1.807) is 59.9 Å². The van der Waals surface area contributed by atoms with Crippen LogP contribution in [0.1, 0.15) is 10.4 Å². The second-order valence-corrected chi connectivity index (χ2v) is 8.03. The zero-order valence-corrected chi connectivity index (χ0v) is 14.7. The van der Waals surface area contributed by atoms with Crippen LogP contribution in [-0.2, 0) is 16.6 Å². The number of nitrogens with one attached hydrogen (secondary N) is 1. The van der Waals surface area contributed by atoms with Crippen LogP contribution < -0.4 is 9.46 Å². The molecule has 0 spiro atoms. The Morgan fingerprint density at radius 3 is 2.33 bits per heavy atom. The summed E-state index contributed by atoms with van der Waals surface area (Å²) in [6.45, 7) is 2.42. The molecule has 0 atom stereocenters. The normalized spacial score (nSPS) is 11.2. The fraction of sp³-hybridized carbons (Fsp3) is 0.111. The molecule has 0 saturated heterocycles. The first-order chi connectivity index (χ1) is 11.5. The number of benzene rings is 2. The van der Waals surface area contributed by atoms with Crippen LogP contribution in [0.5, 0.6) is 5.75 Å². The lowest BCUT2D eigenvalue weighted by molar-refractivity contribution is 0.310. The van der Waals surface area contributed by atoms with Crippen LogP contribution in [0.3, 0.4) is 0 Å². The molecule has 0 amide bonds. The molecule has 6 heteroatoms. The van der Waals surface area contributed by atoms with Gasteiger partial charge in [0.25, 0.3) is 10.0 Å². The first-order valence-electron chi connectivity index (χ1n) is 7.38. The Kier molecular flexibility index (Phi) is 4.87. The molecule has 0 aliphatic heterocycles. The first-order valence-corrected chi connectivity index (χ1v) is 9.74. The van der Waals surface area contributed by atoms with Gasteiger partial charge < -0.3 is 4.74 Å². The van der Waals surface area contributed by atoms with Gasteiger partial charge in [0.05, 0.1) is 4.90 Å². The molecule has 0 radical (unpaired) electrons. The summed E-state index contributed by atoms with van der Waals surface area (Å²) in [5.41, 5.74) is 1.51. The highest BCUT2D eigenvalue weighted by Gasteiger charge is 2.13. The van der Waals surface area contributed by atoms with E-state index >= 15 is 0 Å². The maximum Gasteiger partial charge on any atom is 0.261 e. The molecule has 1 N–H and O–H groups in total. The van der Waals surface area contributed by atoms with Gasteiger partial charge in [-0.25, -0.2) is 8.42 Å². The van der Waals surface area contributed by atoms with Gasteiger partial charge in [-0.2, -0.15) is 0 Å². The lowest BCUT2D eigenvalue weighted by atomic mass is 10.2. The third-order valence-electron chi connectivity index (χ3n) is 3.40. The van der Waals surface area contributed by atoms with Gasteiger partial charge in [0.15, 0.2) is 0 Å². The van der Waals surface area contributed by atoms with Crippen LogP contribution in [0.25, 0.3) is 0 Å². The van der Waals surface area contributed by atoms with Crippen molar-refractivity contribution in [3.63, 3.8) is 0 Å². The lowest BCUT2D eigenvalue weighted by Crippen LogP contribution is -2.12. The van der Waals surface area contributed by atoms with E-state index in [2.05, 4.69) is 4.72 Å². The Morgan fingerprint density at radius 2 is 1.71 bits per heavy atom. The van der Waals surface area contributed by atoms with Gasteiger partial charge >= 0.3 is 0 Å². The average molecular weight is 359 g/mol. The zero-order chi connectivity index (χ0) is 17.0. The molecular weight excluding hydrogens is 342 g/mol. The maximum atomic E-state index is 12.3. The van der Waals surface area contributed by atoms with E-state index in [0.717, 1.165) is 10.4 Å². The molecule has 1 aromatic heterocycles. The topological polar surface area (TPSA) is 55.4 Å². The van der Waals surface area contributed by atoms with E-state index in [-0.39, 0.29) is 4.90 Å². The second-order valence-electron chi connectivity index (χ2n) is 5.31. The Labute approximate surface area is 145 Å². The van der Waals surface area contributed by atoms with Crippen molar-refractivity contribution in [2.45, 2.75) is 18.4 Å². The Bertz CT molecular complexity index is 884. The molecule has 124 valence electrons. The summed E-state index contributed by atoms with van der Waals surface area (Å²) in [6.07, 6.45) is 0. The van der Waals surface area contributed by atoms with E-state index in [1.165, 1.54) is 0 Å². The van der Waals surface area contributed by atoms with Crippen molar-refractivity contribution in [3.05, 3.63) is 76.5 Å². The van der Waals surface area contributed by atoms with E-state index in [4.69, 9.17) is 4.74 Å². The second kappa shape index (κ2) is 7.07. The van der Waals surface area contributed by atoms with Crippen LogP contribution in [0.2, 0.25) is 0 Å². The molecule has 3 aromatic rings. The molecule has 0 bridgehead atoms. The van der Waals surface area contributed by atoms with Gasteiger partial charge in [-0.1, -0.05) is 23.8 Å². The summed E-state index contributed by atoms with van der Waals surface area (Å²) in [5, 5.41) is 2.00. The molecule has 1 heterocycles. The van der Waals surface area contributed by atoms with E-state index in [0.29, 0.717) is 18.0 Å². The molecule has 24 heavy (non-hydrogen) atoms. The average Bonchev–Trinajstić information content (AvgIpc) is 3.08. The van der Waals surface area contributed by atoms with Gasteiger partial charge in [0, 0.05) is 10.6 Å².